The first kappa shape index (κ1) is 17.1. The van der Waals surface area contributed by atoms with Crippen LogP contribution in [0.15, 0.2) is 43.2 Å². The van der Waals surface area contributed by atoms with E-state index in [2.05, 4.69) is 32.3 Å². The highest BCUT2D eigenvalue weighted by molar-refractivity contribution is 5.94. The minimum atomic E-state index is -0.0196. The lowest BCUT2D eigenvalue weighted by molar-refractivity contribution is 0.0731. The predicted molar refractivity (Wildman–Crippen MR) is 99.9 cm³/mol. The summed E-state index contributed by atoms with van der Waals surface area (Å²) in [4.78, 5) is 27.3. The number of nitrogens with zero attached hydrogens (tertiary/aromatic N) is 6. The van der Waals surface area contributed by atoms with Crippen LogP contribution in [-0.2, 0) is 26.1 Å². The Morgan fingerprint density at radius 2 is 2.22 bits per heavy atom. The quantitative estimate of drug-likeness (QED) is 0.745. The van der Waals surface area contributed by atoms with Crippen LogP contribution in [0.2, 0.25) is 0 Å². The van der Waals surface area contributed by atoms with Crippen LogP contribution in [0, 0.1) is 0 Å². The van der Waals surface area contributed by atoms with Crippen molar-refractivity contribution in [1.82, 2.24) is 29.6 Å². The standard InChI is InChI=1S/C19H21N7O/c1-2-26-11-14(9-24-26)8-21-18-16-5-7-25(12-17(16)22-13-23-18)19(27)15-4-3-6-20-10-15/h3-4,6,9-11,13H,2,5,7-8,12H2,1H3,(H,21,22,23). The lowest BCUT2D eigenvalue weighted by Gasteiger charge is -2.29. The van der Waals surface area contributed by atoms with Gasteiger partial charge in [0.2, 0.25) is 0 Å². The number of aromatic nitrogens is 5. The molecule has 0 radical (unpaired) electrons. The van der Waals surface area contributed by atoms with Crippen LogP contribution < -0.4 is 5.32 Å². The first-order chi connectivity index (χ1) is 13.2. The average molecular weight is 363 g/mol. The maximum Gasteiger partial charge on any atom is 0.255 e. The molecule has 4 heterocycles. The van der Waals surface area contributed by atoms with E-state index in [1.807, 2.05) is 17.1 Å². The third kappa shape index (κ3) is 3.64. The highest BCUT2D eigenvalue weighted by atomic mass is 16.2. The number of carbonyl (C=O) groups is 1. The van der Waals surface area contributed by atoms with E-state index in [-0.39, 0.29) is 5.91 Å². The lowest BCUT2D eigenvalue weighted by Crippen LogP contribution is -2.37. The van der Waals surface area contributed by atoms with Crippen molar-refractivity contribution in [2.75, 3.05) is 11.9 Å². The Balaban J connectivity index is 1.47. The van der Waals surface area contributed by atoms with Gasteiger partial charge in [-0.05, 0) is 25.5 Å². The average Bonchev–Trinajstić information content (AvgIpc) is 3.20. The van der Waals surface area contributed by atoms with E-state index in [1.54, 1.807) is 35.8 Å². The molecular weight excluding hydrogens is 342 g/mol. The van der Waals surface area contributed by atoms with Crippen molar-refractivity contribution in [1.29, 1.82) is 0 Å². The monoisotopic (exact) mass is 363 g/mol. The van der Waals surface area contributed by atoms with Crippen molar-refractivity contribution in [3.8, 4) is 0 Å². The summed E-state index contributed by atoms with van der Waals surface area (Å²) in [7, 11) is 0. The number of rotatable bonds is 5. The molecule has 0 bridgehead atoms. The summed E-state index contributed by atoms with van der Waals surface area (Å²) in [6, 6.07) is 3.56. The molecule has 1 aliphatic rings. The second-order valence-electron chi connectivity index (χ2n) is 6.42. The van der Waals surface area contributed by atoms with Crippen LogP contribution in [0.5, 0.6) is 0 Å². The van der Waals surface area contributed by atoms with Gasteiger partial charge in [0, 0.05) is 49.4 Å². The van der Waals surface area contributed by atoms with E-state index >= 15 is 0 Å². The number of fused-ring (bicyclic) bond motifs is 1. The van der Waals surface area contributed by atoms with Gasteiger partial charge in [0.05, 0.1) is 24.0 Å². The molecule has 8 nitrogen and oxygen atoms in total. The molecule has 4 rings (SSSR count). The number of hydrogen-bond donors (Lipinski definition) is 1. The topological polar surface area (TPSA) is 88.8 Å². The van der Waals surface area contributed by atoms with Crippen molar-refractivity contribution < 1.29 is 4.79 Å². The fourth-order valence-electron chi connectivity index (χ4n) is 3.21. The van der Waals surface area contributed by atoms with Gasteiger partial charge in [0.25, 0.3) is 5.91 Å². The summed E-state index contributed by atoms with van der Waals surface area (Å²) in [5.41, 5.74) is 3.67. The lowest BCUT2D eigenvalue weighted by atomic mass is 10.0. The van der Waals surface area contributed by atoms with Crippen molar-refractivity contribution in [2.24, 2.45) is 0 Å². The van der Waals surface area contributed by atoms with Gasteiger partial charge in [-0.1, -0.05) is 0 Å². The normalized spacial score (nSPS) is 13.3. The highest BCUT2D eigenvalue weighted by Crippen LogP contribution is 2.24. The Hall–Kier alpha value is -3.29. The van der Waals surface area contributed by atoms with Crippen LogP contribution >= 0.6 is 0 Å². The summed E-state index contributed by atoms with van der Waals surface area (Å²) in [6.07, 6.45) is 9.42. The van der Waals surface area contributed by atoms with E-state index in [4.69, 9.17) is 0 Å². The van der Waals surface area contributed by atoms with Crippen LogP contribution in [0.25, 0.3) is 0 Å². The molecule has 3 aromatic heterocycles. The Morgan fingerprint density at radius 3 is 3.00 bits per heavy atom. The third-order valence-corrected chi connectivity index (χ3v) is 4.67. The molecule has 27 heavy (non-hydrogen) atoms. The Labute approximate surface area is 157 Å². The summed E-state index contributed by atoms with van der Waals surface area (Å²) in [5.74, 6) is 0.812. The van der Waals surface area contributed by atoms with Gasteiger partial charge < -0.3 is 10.2 Å². The molecule has 0 aromatic carbocycles. The number of nitrogens with one attached hydrogen (secondary N) is 1. The van der Waals surface area contributed by atoms with Gasteiger partial charge >= 0.3 is 0 Å². The van der Waals surface area contributed by atoms with E-state index in [1.165, 1.54) is 0 Å². The van der Waals surface area contributed by atoms with Crippen LogP contribution in [0.3, 0.4) is 0 Å². The molecule has 8 heteroatoms. The van der Waals surface area contributed by atoms with E-state index in [0.29, 0.717) is 25.2 Å². The van der Waals surface area contributed by atoms with Gasteiger partial charge in [-0.3, -0.25) is 14.5 Å². The molecule has 0 atom stereocenters. The largest absolute Gasteiger partial charge is 0.366 e. The smallest absolute Gasteiger partial charge is 0.255 e. The van der Waals surface area contributed by atoms with Crippen molar-refractivity contribution in [3.05, 3.63) is 65.6 Å². The van der Waals surface area contributed by atoms with Crippen LogP contribution in [-0.4, -0.2) is 42.1 Å². The molecule has 1 aliphatic heterocycles. The van der Waals surface area contributed by atoms with Gasteiger partial charge in [0.1, 0.15) is 12.1 Å². The van der Waals surface area contributed by atoms with Crippen LogP contribution in [0.1, 0.15) is 34.1 Å². The number of hydrogen-bond acceptors (Lipinski definition) is 6. The minimum absolute atomic E-state index is 0.0196. The highest BCUT2D eigenvalue weighted by Gasteiger charge is 2.25. The summed E-state index contributed by atoms with van der Waals surface area (Å²) < 4.78 is 1.90. The summed E-state index contributed by atoms with van der Waals surface area (Å²) in [5, 5.41) is 7.67. The molecule has 0 saturated carbocycles. The first-order valence-electron chi connectivity index (χ1n) is 9.02. The summed E-state index contributed by atoms with van der Waals surface area (Å²) in [6.45, 7) is 4.68. The van der Waals surface area contributed by atoms with Crippen molar-refractivity contribution in [2.45, 2.75) is 33.0 Å². The van der Waals surface area contributed by atoms with Gasteiger partial charge in [-0.15, -0.1) is 0 Å². The fourth-order valence-corrected chi connectivity index (χ4v) is 3.21. The molecule has 0 saturated heterocycles. The first-order valence-corrected chi connectivity index (χ1v) is 9.02. The third-order valence-electron chi connectivity index (χ3n) is 4.67. The number of carbonyl (C=O) groups excluding carboxylic acids is 1. The number of anilines is 1. The molecule has 0 spiro atoms. The Morgan fingerprint density at radius 1 is 1.30 bits per heavy atom. The van der Waals surface area contributed by atoms with E-state index < -0.39 is 0 Å². The number of aryl methyl sites for hydroxylation is 1. The zero-order valence-corrected chi connectivity index (χ0v) is 15.2. The summed E-state index contributed by atoms with van der Waals surface area (Å²) >= 11 is 0. The van der Waals surface area contributed by atoms with Crippen molar-refractivity contribution >= 4 is 11.7 Å². The predicted octanol–water partition coefficient (Wildman–Crippen LogP) is 1.90. The van der Waals surface area contributed by atoms with Gasteiger partial charge in [0.15, 0.2) is 0 Å². The minimum Gasteiger partial charge on any atom is -0.366 e. The second-order valence-corrected chi connectivity index (χ2v) is 6.42. The molecule has 1 amide bonds. The fraction of sp³-hybridized carbons (Fsp3) is 0.316. The second kappa shape index (κ2) is 7.53. The maximum atomic E-state index is 12.7. The molecule has 0 aliphatic carbocycles. The van der Waals surface area contributed by atoms with Crippen molar-refractivity contribution in [3.63, 3.8) is 0 Å². The molecule has 0 unspecified atom stereocenters. The SMILES string of the molecule is CCn1cc(CNc2ncnc3c2CCN(C(=O)c2cccnc2)C3)cn1. The molecular formula is C19H21N7O. The molecule has 0 fully saturated rings. The Bertz CT molecular complexity index is 938. The van der Waals surface area contributed by atoms with Gasteiger partial charge in [-0.2, -0.15) is 5.10 Å². The zero-order chi connectivity index (χ0) is 18.6. The van der Waals surface area contributed by atoms with Crippen LogP contribution in [0.4, 0.5) is 5.82 Å². The zero-order valence-electron chi connectivity index (χ0n) is 15.2. The Kier molecular flexibility index (Phi) is 4.78. The molecule has 1 N–H and O–H groups in total. The maximum absolute atomic E-state index is 12.7. The molecule has 138 valence electrons. The van der Waals surface area contributed by atoms with E-state index in [0.717, 1.165) is 35.6 Å². The van der Waals surface area contributed by atoms with Gasteiger partial charge in [-0.25, -0.2) is 9.97 Å². The molecule has 3 aromatic rings. The number of pyridine rings is 1. The van der Waals surface area contributed by atoms with E-state index in [9.17, 15) is 4.79 Å². The number of amides is 1.